The maximum absolute atomic E-state index is 5.11. The summed E-state index contributed by atoms with van der Waals surface area (Å²) in [5, 5.41) is 5.01. The second kappa shape index (κ2) is 6.55. The van der Waals surface area contributed by atoms with Gasteiger partial charge in [-0.1, -0.05) is 68.4 Å². The number of pyridine rings is 2. The molecule has 7 aromatic rings. The Bertz CT molecular complexity index is 1990. The lowest BCUT2D eigenvalue weighted by Crippen LogP contribution is -2.16. The fraction of sp³-hybridized carbons (Fsp3) is 0.0968. The number of benzene rings is 3. The largest absolute Gasteiger partial charge is 0.292 e. The number of hydrogen-bond acceptors (Lipinski definition) is 3. The van der Waals surface area contributed by atoms with Crippen molar-refractivity contribution in [2.75, 3.05) is 0 Å². The lowest BCUT2D eigenvalue weighted by Gasteiger charge is -2.20. The molecular formula is C31H21N3S. The number of hydrogen-bond donors (Lipinski definition) is 0. The molecule has 35 heavy (non-hydrogen) atoms. The first-order valence-corrected chi connectivity index (χ1v) is 12.8. The first-order chi connectivity index (χ1) is 17.1. The van der Waals surface area contributed by atoms with E-state index in [9.17, 15) is 0 Å². The lowest BCUT2D eigenvalue weighted by atomic mass is 9.84. The molecule has 0 unspecified atom stereocenters. The van der Waals surface area contributed by atoms with Crippen molar-refractivity contribution in [3.63, 3.8) is 0 Å². The van der Waals surface area contributed by atoms with Crippen LogP contribution >= 0.6 is 11.3 Å². The van der Waals surface area contributed by atoms with Crippen molar-refractivity contribution < 1.29 is 0 Å². The van der Waals surface area contributed by atoms with Crippen LogP contribution in [0, 0.1) is 0 Å². The molecule has 0 amide bonds. The third-order valence-electron chi connectivity index (χ3n) is 7.57. The normalized spacial score (nSPS) is 14.2. The van der Waals surface area contributed by atoms with Crippen molar-refractivity contribution in [2.45, 2.75) is 19.3 Å². The van der Waals surface area contributed by atoms with E-state index in [1.807, 2.05) is 17.5 Å². The van der Waals surface area contributed by atoms with Crippen LogP contribution in [0.4, 0.5) is 0 Å². The summed E-state index contributed by atoms with van der Waals surface area (Å²) in [6.07, 6.45) is 1.92. The van der Waals surface area contributed by atoms with Crippen molar-refractivity contribution in [3.05, 3.63) is 102 Å². The zero-order valence-electron chi connectivity index (χ0n) is 19.4. The Morgan fingerprint density at radius 3 is 2.54 bits per heavy atom. The Hall–Kier alpha value is -4.02. The van der Waals surface area contributed by atoms with Gasteiger partial charge in [0.1, 0.15) is 5.82 Å². The van der Waals surface area contributed by atoms with Crippen molar-refractivity contribution >= 4 is 54.1 Å². The maximum Gasteiger partial charge on any atom is 0.138 e. The molecule has 1 aliphatic rings. The summed E-state index contributed by atoms with van der Waals surface area (Å²) in [7, 11) is 0. The van der Waals surface area contributed by atoms with E-state index >= 15 is 0 Å². The fourth-order valence-corrected chi connectivity index (χ4v) is 7.56. The summed E-state index contributed by atoms with van der Waals surface area (Å²) >= 11 is 1.90. The molecule has 0 fully saturated rings. The van der Waals surface area contributed by atoms with Crippen LogP contribution in [0.1, 0.15) is 25.1 Å². The van der Waals surface area contributed by atoms with E-state index in [2.05, 4.69) is 103 Å². The molecule has 166 valence electrons. The minimum atomic E-state index is -0.129. The average Bonchev–Trinajstić information content (AvgIpc) is 3.51. The molecule has 3 aromatic carbocycles. The van der Waals surface area contributed by atoms with Crippen molar-refractivity contribution in [3.8, 4) is 16.3 Å². The predicted molar refractivity (Wildman–Crippen MR) is 147 cm³/mol. The van der Waals surface area contributed by atoms with E-state index in [-0.39, 0.29) is 5.41 Å². The molecule has 0 spiro atoms. The van der Waals surface area contributed by atoms with Crippen LogP contribution in [0.25, 0.3) is 59.1 Å². The van der Waals surface area contributed by atoms with Crippen LogP contribution in [-0.4, -0.2) is 14.5 Å². The number of para-hydroxylation sites is 2. The first-order valence-electron chi connectivity index (χ1n) is 11.9. The molecule has 3 nitrogen and oxygen atoms in total. The number of aromatic nitrogens is 3. The van der Waals surface area contributed by atoms with Gasteiger partial charge in [0.2, 0.25) is 0 Å². The van der Waals surface area contributed by atoms with Gasteiger partial charge in [-0.3, -0.25) is 9.55 Å². The molecule has 8 rings (SSSR count). The minimum absolute atomic E-state index is 0.129. The Morgan fingerprint density at radius 1 is 0.771 bits per heavy atom. The zero-order chi connectivity index (χ0) is 23.3. The molecule has 0 saturated carbocycles. The van der Waals surface area contributed by atoms with Crippen LogP contribution in [-0.2, 0) is 5.41 Å². The van der Waals surface area contributed by atoms with Crippen LogP contribution < -0.4 is 0 Å². The van der Waals surface area contributed by atoms with Crippen molar-refractivity contribution in [1.29, 1.82) is 0 Å². The van der Waals surface area contributed by atoms with Gasteiger partial charge in [-0.15, -0.1) is 11.3 Å². The van der Waals surface area contributed by atoms with Crippen LogP contribution in [0.3, 0.4) is 0 Å². The van der Waals surface area contributed by atoms with Crippen LogP contribution in [0.2, 0.25) is 0 Å². The van der Waals surface area contributed by atoms with Gasteiger partial charge in [-0.25, -0.2) is 4.98 Å². The maximum atomic E-state index is 5.11. The van der Waals surface area contributed by atoms with E-state index in [0.29, 0.717) is 0 Å². The van der Waals surface area contributed by atoms with Crippen LogP contribution in [0.15, 0.2) is 91.1 Å². The second-order valence-electron chi connectivity index (χ2n) is 9.88. The van der Waals surface area contributed by atoms with Gasteiger partial charge >= 0.3 is 0 Å². The molecule has 0 N–H and O–H groups in total. The molecule has 0 bridgehead atoms. The van der Waals surface area contributed by atoms with E-state index in [0.717, 1.165) is 16.7 Å². The molecular weight excluding hydrogens is 446 g/mol. The lowest BCUT2D eigenvalue weighted by molar-refractivity contribution is 0.643. The SMILES string of the molecule is CC1(C)c2ncccc2-c2sc3c(ccc4c5ccccc5n(-c5ccc6ccccc6n5)c43)c21. The summed E-state index contributed by atoms with van der Waals surface area (Å²) in [4.78, 5) is 11.2. The van der Waals surface area contributed by atoms with Gasteiger partial charge in [0.15, 0.2) is 0 Å². The topological polar surface area (TPSA) is 30.7 Å². The van der Waals surface area contributed by atoms with Gasteiger partial charge in [-0.05, 0) is 41.3 Å². The standard InChI is InChI=1S/C31H21N3S/c1-31(2)26-21-15-14-20-19-9-4-6-12-24(19)34(25-16-13-18-8-3-5-11-23(18)33-25)27(20)29(21)35-28(26)22-10-7-17-32-30(22)31/h3-17H,1-2H3. The highest BCUT2D eigenvalue weighted by Crippen LogP contribution is 2.56. The summed E-state index contributed by atoms with van der Waals surface area (Å²) in [5.41, 5.74) is 7.16. The number of rotatable bonds is 1. The monoisotopic (exact) mass is 467 g/mol. The fourth-order valence-electron chi connectivity index (χ4n) is 6.04. The highest BCUT2D eigenvalue weighted by molar-refractivity contribution is 7.23. The van der Waals surface area contributed by atoms with Gasteiger partial charge in [0, 0.05) is 38.2 Å². The molecule has 0 aliphatic heterocycles. The molecule has 1 aliphatic carbocycles. The molecule has 0 saturated heterocycles. The van der Waals surface area contributed by atoms with Crippen molar-refractivity contribution in [2.24, 2.45) is 0 Å². The Labute approximate surface area is 206 Å². The summed E-state index contributed by atoms with van der Waals surface area (Å²) in [5.74, 6) is 0.956. The first kappa shape index (κ1) is 19.3. The molecule has 4 aromatic heterocycles. The zero-order valence-corrected chi connectivity index (χ0v) is 20.2. The number of thiophene rings is 1. The molecule has 4 heteroatoms. The third-order valence-corrected chi connectivity index (χ3v) is 8.82. The molecule has 0 atom stereocenters. The van der Waals surface area contributed by atoms with E-state index < -0.39 is 0 Å². The summed E-state index contributed by atoms with van der Waals surface area (Å²) in [6, 6.07) is 30.3. The van der Waals surface area contributed by atoms with Crippen molar-refractivity contribution in [1.82, 2.24) is 14.5 Å². The molecule has 0 radical (unpaired) electrons. The molecule has 4 heterocycles. The number of fused-ring (bicyclic) bond motifs is 10. The number of nitrogens with zero attached hydrogens (tertiary/aromatic N) is 3. The van der Waals surface area contributed by atoms with Gasteiger partial charge in [-0.2, -0.15) is 0 Å². The highest BCUT2D eigenvalue weighted by atomic mass is 32.1. The minimum Gasteiger partial charge on any atom is -0.292 e. The van der Waals surface area contributed by atoms with Crippen LogP contribution in [0.5, 0.6) is 0 Å². The quantitative estimate of drug-likeness (QED) is 0.243. The second-order valence-corrected chi connectivity index (χ2v) is 10.9. The smallest absolute Gasteiger partial charge is 0.138 e. The van der Waals surface area contributed by atoms with Gasteiger partial charge < -0.3 is 0 Å². The van der Waals surface area contributed by atoms with E-state index in [4.69, 9.17) is 9.97 Å². The summed E-state index contributed by atoms with van der Waals surface area (Å²) in [6.45, 7) is 4.61. The predicted octanol–water partition coefficient (Wildman–Crippen LogP) is 8.25. The van der Waals surface area contributed by atoms with E-state index in [1.165, 1.54) is 53.6 Å². The third kappa shape index (κ3) is 2.40. The van der Waals surface area contributed by atoms with Gasteiger partial charge in [0.05, 0.1) is 26.9 Å². The Balaban J connectivity index is 1.55. The highest BCUT2D eigenvalue weighted by Gasteiger charge is 2.40. The van der Waals surface area contributed by atoms with Gasteiger partial charge in [0.25, 0.3) is 0 Å². The van der Waals surface area contributed by atoms with E-state index in [1.54, 1.807) is 0 Å². The Kier molecular flexibility index (Phi) is 3.61. The Morgan fingerprint density at radius 2 is 1.60 bits per heavy atom. The summed E-state index contributed by atoms with van der Waals surface area (Å²) < 4.78 is 3.68. The average molecular weight is 468 g/mol.